The van der Waals surface area contributed by atoms with E-state index in [2.05, 4.69) is 25.1 Å². The highest BCUT2D eigenvalue weighted by Crippen LogP contribution is 2.24. The van der Waals surface area contributed by atoms with Crippen LogP contribution >= 0.6 is 0 Å². The average molecular weight is 226 g/mol. The van der Waals surface area contributed by atoms with Crippen molar-refractivity contribution in [2.75, 3.05) is 0 Å². The predicted molar refractivity (Wildman–Crippen MR) is 72.6 cm³/mol. The lowest BCUT2D eigenvalue weighted by Crippen LogP contribution is -1.95. The molecule has 1 heteroatoms. The lowest BCUT2D eigenvalue weighted by molar-refractivity contribution is 0.101. The van der Waals surface area contributed by atoms with Crippen molar-refractivity contribution in [3.8, 4) is 0 Å². The van der Waals surface area contributed by atoms with Crippen molar-refractivity contribution in [2.45, 2.75) is 33.1 Å². The van der Waals surface area contributed by atoms with Crippen LogP contribution in [0.25, 0.3) is 10.8 Å². The van der Waals surface area contributed by atoms with E-state index in [1.807, 2.05) is 18.2 Å². The van der Waals surface area contributed by atoms with E-state index in [1.165, 1.54) is 23.8 Å². The molecule has 0 aliphatic rings. The Morgan fingerprint density at radius 3 is 2.47 bits per heavy atom. The maximum Gasteiger partial charge on any atom is 0.160 e. The van der Waals surface area contributed by atoms with E-state index < -0.39 is 0 Å². The van der Waals surface area contributed by atoms with E-state index in [9.17, 15) is 4.79 Å². The van der Waals surface area contributed by atoms with Gasteiger partial charge < -0.3 is 0 Å². The lowest BCUT2D eigenvalue weighted by Gasteiger charge is -2.08. The molecule has 0 spiro atoms. The number of rotatable bonds is 4. The summed E-state index contributed by atoms with van der Waals surface area (Å²) in [7, 11) is 0. The summed E-state index contributed by atoms with van der Waals surface area (Å²) in [4.78, 5) is 11.6. The van der Waals surface area contributed by atoms with Crippen LogP contribution in [0.2, 0.25) is 0 Å². The van der Waals surface area contributed by atoms with Gasteiger partial charge in [0, 0.05) is 5.56 Å². The zero-order chi connectivity index (χ0) is 12.3. The Hall–Kier alpha value is -1.63. The second-order valence-electron chi connectivity index (χ2n) is 4.48. The summed E-state index contributed by atoms with van der Waals surface area (Å²) in [6, 6.07) is 12.3. The number of Topliss-reactive ketones (excluding diaryl/α,β-unsaturated/α-hetero) is 1. The third kappa shape index (κ3) is 2.38. The number of ketones is 1. The van der Waals surface area contributed by atoms with Gasteiger partial charge in [0.1, 0.15) is 0 Å². The monoisotopic (exact) mass is 226 g/mol. The van der Waals surface area contributed by atoms with Crippen LogP contribution in [-0.4, -0.2) is 5.78 Å². The number of carbonyl (C=O) groups is 1. The summed E-state index contributed by atoms with van der Waals surface area (Å²) in [5.74, 6) is 0.142. The Bertz CT molecular complexity index is 540. The van der Waals surface area contributed by atoms with Crippen molar-refractivity contribution in [1.29, 1.82) is 0 Å². The minimum absolute atomic E-state index is 0.142. The number of aryl methyl sites for hydroxylation is 1. The maximum atomic E-state index is 11.6. The van der Waals surface area contributed by atoms with E-state index in [1.54, 1.807) is 6.92 Å². The Morgan fingerprint density at radius 2 is 1.76 bits per heavy atom. The number of carbonyl (C=O) groups excluding carboxylic acids is 1. The molecular weight excluding hydrogens is 208 g/mol. The lowest BCUT2D eigenvalue weighted by atomic mass is 9.96. The molecule has 88 valence electrons. The molecule has 0 N–H and O–H groups in total. The van der Waals surface area contributed by atoms with Crippen LogP contribution in [0.15, 0.2) is 36.4 Å². The first kappa shape index (κ1) is 11.8. The summed E-state index contributed by atoms with van der Waals surface area (Å²) in [5.41, 5.74) is 2.19. The molecule has 0 bridgehead atoms. The number of benzene rings is 2. The summed E-state index contributed by atoms with van der Waals surface area (Å²) < 4.78 is 0. The quantitative estimate of drug-likeness (QED) is 0.707. The van der Waals surface area contributed by atoms with Crippen molar-refractivity contribution in [1.82, 2.24) is 0 Å². The number of fused-ring (bicyclic) bond motifs is 1. The van der Waals surface area contributed by atoms with E-state index in [0.29, 0.717) is 0 Å². The second kappa shape index (κ2) is 5.13. The minimum atomic E-state index is 0.142. The van der Waals surface area contributed by atoms with Gasteiger partial charge in [-0.15, -0.1) is 0 Å². The van der Waals surface area contributed by atoms with Gasteiger partial charge in [-0.05, 0) is 36.1 Å². The molecule has 0 saturated carbocycles. The third-order valence-corrected chi connectivity index (χ3v) is 3.19. The summed E-state index contributed by atoms with van der Waals surface area (Å²) in [6.07, 6.45) is 3.49. The molecule has 0 aliphatic heterocycles. The van der Waals surface area contributed by atoms with E-state index in [-0.39, 0.29) is 5.78 Å². The third-order valence-electron chi connectivity index (χ3n) is 3.19. The van der Waals surface area contributed by atoms with Gasteiger partial charge in [-0.1, -0.05) is 49.7 Å². The molecule has 0 atom stereocenters. The van der Waals surface area contributed by atoms with Crippen LogP contribution in [0, 0.1) is 0 Å². The van der Waals surface area contributed by atoms with Crippen molar-refractivity contribution in [3.05, 3.63) is 47.5 Å². The molecule has 2 aromatic rings. The molecule has 0 amide bonds. The summed E-state index contributed by atoms with van der Waals surface area (Å²) >= 11 is 0. The standard InChI is InChI=1S/C16H18O/c1-3-4-7-13-8-5-11-16-14(12(2)17)9-6-10-15(13)16/h5-6,8-11H,3-4,7H2,1-2H3. The molecule has 17 heavy (non-hydrogen) atoms. The molecule has 0 aromatic heterocycles. The molecule has 0 fully saturated rings. The molecule has 2 aromatic carbocycles. The zero-order valence-electron chi connectivity index (χ0n) is 10.5. The molecule has 0 heterocycles. The van der Waals surface area contributed by atoms with Gasteiger partial charge in [0.25, 0.3) is 0 Å². The SMILES string of the molecule is CCCCc1cccc2c(C(C)=O)cccc12. The smallest absolute Gasteiger partial charge is 0.160 e. The van der Waals surface area contributed by atoms with Gasteiger partial charge >= 0.3 is 0 Å². The molecule has 0 saturated heterocycles. The van der Waals surface area contributed by atoms with Crippen LogP contribution in [0.3, 0.4) is 0 Å². The fourth-order valence-corrected chi connectivity index (χ4v) is 2.27. The van der Waals surface area contributed by atoms with Gasteiger partial charge in [0.05, 0.1) is 0 Å². The fraction of sp³-hybridized carbons (Fsp3) is 0.312. The van der Waals surface area contributed by atoms with Gasteiger partial charge in [0.15, 0.2) is 5.78 Å². The summed E-state index contributed by atoms with van der Waals surface area (Å²) in [6.45, 7) is 3.83. The van der Waals surface area contributed by atoms with E-state index in [4.69, 9.17) is 0 Å². The largest absolute Gasteiger partial charge is 0.294 e. The van der Waals surface area contributed by atoms with E-state index >= 15 is 0 Å². The minimum Gasteiger partial charge on any atom is -0.294 e. The van der Waals surface area contributed by atoms with Crippen LogP contribution in [0.5, 0.6) is 0 Å². The van der Waals surface area contributed by atoms with Gasteiger partial charge in [-0.25, -0.2) is 0 Å². The van der Waals surface area contributed by atoms with E-state index in [0.717, 1.165) is 17.4 Å². The van der Waals surface area contributed by atoms with Crippen LogP contribution in [0.4, 0.5) is 0 Å². The first-order valence-corrected chi connectivity index (χ1v) is 6.25. The Balaban J connectivity index is 2.57. The highest BCUT2D eigenvalue weighted by atomic mass is 16.1. The Morgan fingerprint density at radius 1 is 1.06 bits per heavy atom. The zero-order valence-corrected chi connectivity index (χ0v) is 10.5. The average Bonchev–Trinajstić information content (AvgIpc) is 2.35. The van der Waals surface area contributed by atoms with Crippen molar-refractivity contribution in [2.24, 2.45) is 0 Å². The van der Waals surface area contributed by atoms with Crippen molar-refractivity contribution >= 4 is 16.6 Å². The van der Waals surface area contributed by atoms with Gasteiger partial charge in [-0.2, -0.15) is 0 Å². The molecular formula is C16H18O. The molecule has 0 aliphatic carbocycles. The molecule has 1 nitrogen and oxygen atoms in total. The first-order chi connectivity index (χ1) is 8.24. The summed E-state index contributed by atoms with van der Waals surface area (Å²) in [5, 5.41) is 2.32. The van der Waals surface area contributed by atoms with Gasteiger partial charge in [0.2, 0.25) is 0 Å². The van der Waals surface area contributed by atoms with Crippen LogP contribution < -0.4 is 0 Å². The highest BCUT2D eigenvalue weighted by molar-refractivity contribution is 6.07. The molecule has 2 rings (SSSR count). The van der Waals surface area contributed by atoms with Crippen molar-refractivity contribution in [3.63, 3.8) is 0 Å². The van der Waals surface area contributed by atoms with Crippen molar-refractivity contribution < 1.29 is 4.79 Å². The second-order valence-corrected chi connectivity index (χ2v) is 4.48. The molecule has 0 unspecified atom stereocenters. The first-order valence-electron chi connectivity index (χ1n) is 6.25. The predicted octanol–water partition coefficient (Wildman–Crippen LogP) is 4.39. The number of unbranched alkanes of at least 4 members (excludes halogenated alkanes) is 1. The maximum absolute atomic E-state index is 11.6. The number of hydrogen-bond donors (Lipinski definition) is 0. The topological polar surface area (TPSA) is 17.1 Å². The fourth-order valence-electron chi connectivity index (χ4n) is 2.27. The highest BCUT2D eigenvalue weighted by Gasteiger charge is 2.07. The number of hydrogen-bond acceptors (Lipinski definition) is 1. The Kier molecular flexibility index (Phi) is 3.58. The molecule has 0 radical (unpaired) electrons. The van der Waals surface area contributed by atoms with Crippen LogP contribution in [-0.2, 0) is 6.42 Å². The van der Waals surface area contributed by atoms with Gasteiger partial charge in [-0.3, -0.25) is 4.79 Å². The Labute approximate surface area is 102 Å². The normalized spacial score (nSPS) is 10.7. The van der Waals surface area contributed by atoms with Crippen LogP contribution in [0.1, 0.15) is 42.6 Å².